The molecule has 29 heavy (non-hydrogen) atoms. The molecule has 0 saturated heterocycles. The van der Waals surface area contributed by atoms with Gasteiger partial charge in [0.1, 0.15) is 0 Å². The molecule has 1 rings (SSSR count). The van der Waals surface area contributed by atoms with E-state index in [0.717, 1.165) is 25.3 Å². The lowest BCUT2D eigenvalue weighted by molar-refractivity contribution is 0.0696. The molecular formula is C23H35NO5. The van der Waals surface area contributed by atoms with Crippen molar-refractivity contribution in [1.82, 2.24) is 5.32 Å². The van der Waals surface area contributed by atoms with Crippen LogP contribution in [0.2, 0.25) is 0 Å². The zero-order valence-corrected chi connectivity index (χ0v) is 17.5. The standard InChI is InChI=1S/C23H35NO5/c1-2-3-4-5-6-7-8-9-10-11-12-13-14-24-21(25)18-15-19(22(26)27)17-20(16-18)23(28)29/h15-17H,2-14H2,1H3,(H,24,25)(H,26,27)(H,28,29). The van der Waals surface area contributed by atoms with Gasteiger partial charge in [0.15, 0.2) is 0 Å². The average molecular weight is 406 g/mol. The summed E-state index contributed by atoms with van der Waals surface area (Å²) < 4.78 is 0. The molecule has 1 aromatic carbocycles. The second-order valence-electron chi connectivity index (χ2n) is 7.55. The number of unbranched alkanes of at least 4 members (excludes halogenated alkanes) is 11. The number of amides is 1. The molecule has 0 unspecified atom stereocenters. The Morgan fingerprint density at radius 3 is 1.45 bits per heavy atom. The Morgan fingerprint density at radius 2 is 1.03 bits per heavy atom. The van der Waals surface area contributed by atoms with Gasteiger partial charge in [0.2, 0.25) is 0 Å². The number of aromatic carboxylic acids is 2. The highest BCUT2D eigenvalue weighted by atomic mass is 16.4. The molecule has 0 radical (unpaired) electrons. The van der Waals surface area contributed by atoms with E-state index >= 15 is 0 Å². The van der Waals surface area contributed by atoms with Crippen LogP contribution in [-0.4, -0.2) is 34.6 Å². The fourth-order valence-corrected chi connectivity index (χ4v) is 3.28. The first-order valence-electron chi connectivity index (χ1n) is 10.9. The van der Waals surface area contributed by atoms with Crippen LogP contribution >= 0.6 is 0 Å². The van der Waals surface area contributed by atoms with E-state index in [4.69, 9.17) is 10.2 Å². The predicted molar refractivity (Wildman–Crippen MR) is 114 cm³/mol. The van der Waals surface area contributed by atoms with Gasteiger partial charge in [-0.05, 0) is 24.6 Å². The Balaban J connectivity index is 2.18. The Hall–Kier alpha value is -2.37. The van der Waals surface area contributed by atoms with Gasteiger partial charge in [0.25, 0.3) is 5.91 Å². The number of nitrogens with one attached hydrogen (secondary N) is 1. The Morgan fingerprint density at radius 1 is 0.655 bits per heavy atom. The minimum Gasteiger partial charge on any atom is -0.478 e. The van der Waals surface area contributed by atoms with E-state index in [1.165, 1.54) is 69.9 Å². The van der Waals surface area contributed by atoms with Gasteiger partial charge in [0, 0.05) is 12.1 Å². The average Bonchev–Trinajstić information content (AvgIpc) is 2.70. The van der Waals surface area contributed by atoms with Gasteiger partial charge in [0.05, 0.1) is 11.1 Å². The third-order valence-corrected chi connectivity index (χ3v) is 5.00. The molecule has 0 aromatic heterocycles. The molecule has 6 nitrogen and oxygen atoms in total. The number of carbonyl (C=O) groups is 3. The van der Waals surface area contributed by atoms with Crippen LogP contribution in [0.5, 0.6) is 0 Å². The van der Waals surface area contributed by atoms with E-state index in [-0.39, 0.29) is 16.7 Å². The quantitative estimate of drug-likeness (QED) is 0.314. The number of benzene rings is 1. The van der Waals surface area contributed by atoms with Crippen molar-refractivity contribution in [3.05, 3.63) is 34.9 Å². The topological polar surface area (TPSA) is 104 Å². The molecule has 0 aliphatic carbocycles. The molecule has 0 saturated carbocycles. The second kappa shape index (κ2) is 14.6. The van der Waals surface area contributed by atoms with Crippen molar-refractivity contribution in [3.63, 3.8) is 0 Å². The summed E-state index contributed by atoms with van der Waals surface area (Å²) in [6.45, 7) is 2.73. The van der Waals surface area contributed by atoms with Crippen LogP contribution in [0.1, 0.15) is 115 Å². The summed E-state index contributed by atoms with van der Waals surface area (Å²) >= 11 is 0. The van der Waals surface area contributed by atoms with Gasteiger partial charge in [-0.2, -0.15) is 0 Å². The molecule has 0 fully saturated rings. The monoisotopic (exact) mass is 405 g/mol. The van der Waals surface area contributed by atoms with Crippen LogP contribution in [0.15, 0.2) is 18.2 Å². The number of carboxylic acid groups (broad SMARTS) is 2. The molecule has 1 amide bonds. The fraction of sp³-hybridized carbons (Fsp3) is 0.609. The zero-order valence-electron chi connectivity index (χ0n) is 17.5. The third-order valence-electron chi connectivity index (χ3n) is 5.00. The summed E-state index contributed by atoms with van der Waals surface area (Å²) in [7, 11) is 0. The maximum atomic E-state index is 12.2. The number of hydrogen-bond acceptors (Lipinski definition) is 3. The van der Waals surface area contributed by atoms with E-state index < -0.39 is 17.8 Å². The minimum absolute atomic E-state index is 0.0567. The highest BCUT2D eigenvalue weighted by molar-refractivity contribution is 6.01. The lowest BCUT2D eigenvalue weighted by atomic mass is 10.0. The second-order valence-corrected chi connectivity index (χ2v) is 7.55. The van der Waals surface area contributed by atoms with Gasteiger partial charge in [-0.3, -0.25) is 4.79 Å². The van der Waals surface area contributed by atoms with E-state index in [9.17, 15) is 14.4 Å². The highest BCUT2D eigenvalue weighted by Gasteiger charge is 2.15. The molecule has 1 aromatic rings. The lowest BCUT2D eigenvalue weighted by Gasteiger charge is -2.07. The number of carbonyl (C=O) groups excluding carboxylic acids is 1. The number of carboxylic acids is 2. The van der Waals surface area contributed by atoms with Crippen LogP contribution in [0, 0.1) is 0 Å². The Bertz CT molecular complexity index is 624. The van der Waals surface area contributed by atoms with Crippen molar-refractivity contribution >= 4 is 17.8 Å². The Kier molecular flexibility index (Phi) is 12.4. The fourth-order valence-electron chi connectivity index (χ4n) is 3.28. The van der Waals surface area contributed by atoms with Gasteiger partial charge >= 0.3 is 11.9 Å². The van der Waals surface area contributed by atoms with Gasteiger partial charge in [-0.25, -0.2) is 9.59 Å². The first-order chi connectivity index (χ1) is 14.0. The van der Waals surface area contributed by atoms with Crippen LogP contribution < -0.4 is 5.32 Å². The van der Waals surface area contributed by atoms with Crippen molar-refractivity contribution in [2.24, 2.45) is 0 Å². The maximum Gasteiger partial charge on any atom is 0.335 e. The normalized spacial score (nSPS) is 10.7. The van der Waals surface area contributed by atoms with Crippen molar-refractivity contribution in [1.29, 1.82) is 0 Å². The van der Waals surface area contributed by atoms with Crippen LogP contribution in [0.4, 0.5) is 0 Å². The van der Waals surface area contributed by atoms with Crippen molar-refractivity contribution in [2.75, 3.05) is 6.54 Å². The molecular weight excluding hydrogens is 370 g/mol. The lowest BCUT2D eigenvalue weighted by Crippen LogP contribution is -2.25. The SMILES string of the molecule is CCCCCCCCCCCCCCNC(=O)c1cc(C(=O)O)cc(C(=O)O)c1. The summed E-state index contributed by atoms with van der Waals surface area (Å²) in [4.78, 5) is 34.4. The zero-order chi connectivity index (χ0) is 21.5. The van der Waals surface area contributed by atoms with Crippen LogP contribution in [0.3, 0.4) is 0 Å². The van der Waals surface area contributed by atoms with Gasteiger partial charge in [-0.1, -0.05) is 77.6 Å². The molecule has 0 heterocycles. The largest absolute Gasteiger partial charge is 0.478 e. The summed E-state index contributed by atoms with van der Waals surface area (Å²) in [5, 5.41) is 20.9. The summed E-state index contributed by atoms with van der Waals surface area (Å²) in [6, 6.07) is 3.45. The van der Waals surface area contributed by atoms with E-state index in [2.05, 4.69) is 12.2 Å². The maximum absolute atomic E-state index is 12.2. The van der Waals surface area contributed by atoms with Gasteiger partial charge in [-0.15, -0.1) is 0 Å². The minimum atomic E-state index is -1.26. The molecule has 0 atom stereocenters. The van der Waals surface area contributed by atoms with Crippen LogP contribution in [0.25, 0.3) is 0 Å². The third kappa shape index (κ3) is 10.7. The first-order valence-corrected chi connectivity index (χ1v) is 10.9. The molecule has 162 valence electrons. The van der Waals surface area contributed by atoms with E-state index in [1.54, 1.807) is 0 Å². The molecule has 3 N–H and O–H groups in total. The predicted octanol–water partition coefficient (Wildman–Crippen LogP) is 5.51. The van der Waals surface area contributed by atoms with Crippen molar-refractivity contribution in [3.8, 4) is 0 Å². The van der Waals surface area contributed by atoms with Crippen molar-refractivity contribution < 1.29 is 24.6 Å². The van der Waals surface area contributed by atoms with Crippen LogP contribution in [-0.2, 0) is 0 Å². The highest BCUT2D eigenvalue weighted by Crippen LogP contribution is 2.13. The summed E-state index contributed by atoms with van der Waals surface area (Å²) in [5.74, 6) is -2.97. The van der Waals surface area contributed by atoms with E-state index in [0.29, 0.717) is 6.54 Å². The number of rotatable bonds is 16. The molecule has 6 heteroatoms. The summed E-state index contributed by atoms with van der Waals surface area (Å²) in [6.07, 6.45) is 14.8. The molecule has 0 aliphatic rings. The Labute approximate surface area is 173 Å². The van der Waals surface area contributed by atoms with Gasteiger partial charge < -0.3 is 15.5 Å². The summed E-state index contributed by atoms with van der Waals surface area (Å²) in [5.41, 5.74) is -0.359. The van der Waals surface area contributed by atoms with Crippen molar-refractivity contribution in [2.45, 2.75) is 84.0 Å². The molecule has 0 spiro atoms. The smallest absolute Gasteiger partial charge is 0.335 e. The number of hydrogen-bond donors (Lipinski definition) is 3. The molecule has 0 bridgehead atoms. The van der Waals surface area contributed by atoms with E-state index in [1.807, 2.05) is 0 Å². The molecule has 0 aliphatic heterocycles. The first kappa shape index (κ1) is 24.7.